The highest BCUT2D eigenvalue weighted by Gasteiger charge is 2.17. The number of Topliss-reactive ketones (excluding diaryl/α,β-unsaturated/α-hetero) is 1. The van der Waals surface area contributed by atoms with Crippen LogP contribution in [0.5, 0.6) is 5.75 Å². The van der Waals surface area contributed by atoms with Gasteiger partial charge in [-0.05, 0) is 44.0 Å². The lowest BCUT2D eigenvalue weighted by Crippen LogP contribution is -2.31. The quantitative estimate of drug-likeness (QED) is 0.811. The molecule has 0 radical (unpaired) electrons. The smallest absolute Gasteiger partial charge is 0.163 e. The standard InChI is InChI=1S/C14H19NO2/c1-17-13-6-2-5-12(9-13)14(16)8-11-4-3-7-15-10-11/h2,5-6,9,11,15H,3-4,7-8,10H2,1H3. The maximum absolute atomic E-state index is 12.1. The second-order valence-electron chi connectivity index (χ2n) is 4.57. The summed E-state index contributed by atoms with van der Waals surface area (Å²) in [5.74, 6) is 1.46. The summed E-state index contributed by atoms with van der Waals surface area (Å²) in [5.41, 5.74) is 0.759. The van der Waals surface area contributed by atoms with Crippen LogP contribution in [0.1, 0.15) is 29.6 Å². The van der Waals surface area contributed by atoms with Crippen molar-refractivity contribution in [1.29, 1.82) is 0 Å². The van der Waals surface area contributed by atoms with E-state index in [0.717, 1.165) is 30.8 Å². The van der Waals surface area contributed by atoms with Crippen LogP contribution in [0.15, 0.2) is 24.3 Å². The summed E-state index contributed by atoms with van der Waals surface area (Å²) in [5, 5.41) is 3.34. The van der Waals surface area contributed by atoms with Crippen molar-refractivity contribution in [3.63, 3.8) is 0 Å². The van der Waals surface area contributed by atoms with Gasteiger partial charge in [0.15, 0.2) is 5.78 Å². The van der Waals surface area contributed by atoms with Gasteiger partial charge in [-0.3, -0.25) is 4.79 Å². The van der Waals surface area contributed by atoms with Crippen molar-refractivity contribution < 1.29 is 9.53 Å². The van der Waals surface area contributed by atoms with Gasteiger partial charge in [0, 0.05) is 12.0 Å². The van der Waals surface area contributed by atoms with Gasteiger partial charge in [0.25, 0.3) is 0 Å². The largest absolute Gasteiger partial charge is 0.497 e. The van der Waals surface area contributed by atoms with E-state index < -0.39 is 0 Å². The molecule has 0 saturated carbocycles. The lowest BCUT2D eigenvalue weighted by Gasteiger charge is -2.21. The van der Waals surface area contributed by atoms with Crippen molar-refractivity contribution in [2.45, 2.75) is 19.3 Å². The molecule has 0 aliphatic carbocycles. The van der Waals surface area contributed by atoms with Gasteiger partial charge in [-0.2, -0.15) is 0 Å². The minimum atomic E-state index is 0.220. The third-order valence-corrected chi connectivity index (χ3v) is 3.26. The number of benzene rings is 1. The Morgan fingerprint density at radius 1 is 1.53 bits per heavy atom. The van der Waals surface area contributed by atoms with Crippen LogP contribution in [0.3, 0.4) is 0 Å². The van der Waals surface area contributed by atoms with Crippen LogP contribution >= 0.6 is 0 Å². The summed E-state index contributed by atoms with van der Waals surface area (Å²) in [7, 11) is 1.62. The van der Waals surface area contributed by atoms with Gasteiger partial charge in [-0.15, -0.1) is 0 Å². The van der Waals surface area contributed by atoms with Crippen LogP contribution in [0.2, 0.25) is 0 Å². The first kappa shape index (κ1) is 12.1. The molecule has 1 fully saturated rings. The fourth-order valence-electron chi connectivity index (χ4n) is 2.27. The Kier molecular flexibility index (Phi) is 4.15. The van der Waals surface area contributed by atoms with Crippen LogP contribution in [-0.2, 0) is 0 Å². The van der Waals surface area contributed by atoms with E-state index in [0.29, 0.717) is 12.3 Å². The Hall–Kier alpha value is -1.35. The summed E-state index contributed by atoms with van der Waals surface area (Å²) < 4.78 is 5.13. The number of ketones is 1. The number of carbonyl (C=O) groups is 1. The zero-order chi connectivity index (χ0) is 12.1. The highest BCUT2D eigenvalue weighted by atomic mass is 16.5. The van der Waals surface area contributed by atoms with E-state index in [-0.39, 0.29) is 5.78 Å². The molecule has 1 unspecified atom stereocenters. The first-order chi connectivity index (χ1) is 8.29. The average molecular weight is 233 g/mol. The molecule has 0 spiro atoms. The van der Waals surface area contributed by atoms with Crippen LogP contribution in [0.25, 0.3) is 0 Å². The first-order valence-corrected chi connectivity index (χ1v) is 6.17. The third-order valence-electron chi connectivity index (χ3n) is 3.26. The molecule has 1 saturated heterocycles. The van der Waals surface area contributed by atoms with E-state index in [2.05, 4.69) is 5.32 Å². The molecule has 1 N–H and O–H groups in total. The Bertz CT molecular complexity index is 384. The monoisotopic (exact) mass is 233 g/mol. The first-order valence-electron chi connectivity index (χ1n) is 6.17. The molecule has 17 heavy (non-hydrogen) atoms. The van der Waals surface area contributed by atoms with Gasteiger partial charge in [0.2, 0.25) is 0 Å². The minimum Gasteiger partial charge on any atom is -0.497 e. The van der Waals surface area contributed by atoms with Crippen molar-refractivity contribution in [3.8, 4) is 5.75 Å². The molecule has 1 atom stereocenters. The maximum Gasteiger partial charge on any atom is 0.163 e. The van der Waals surface area contributed by atoms with E-state index in [4.69, 9.17) is 4.74 Å². The normalized spacial score (nSPS) is 19.9. The fraction of sp³-hybridized carbons (Fsp3) is 0.500. The van der Waals surface area contributed by atoms with Gasteiger partial charge < -0.3 is 10.1 Å². The SMILES string of the molecule is COc1cccc(C(=O)CC2CCCNC2)c1. The molecule has 1 aromatic rings. The fourth-order valence-corrected chi connectivity index (χ4v) is 2.27. The molecule has 1 aliphatic rings. The second kappa shape index (κ2) is 5.82. The van der Waals surface area contributed by atoms with Gasteiger partial charge >= 0.3 is 0 Å². The molecular formula is C14H19NO2. The molecule has 1 heterocycles. The van der Waals surface area contributed by atoms with Crippen LogP contribution in [-0.4, -0.2) is 26.0 Å². The Balaban J connectivity index is 1.98. The number of piperidine rings is 1. The zero-order valence-electron chi connectivity index (χ0n) is 10.2. The number of hydrogen-bond acceptors (Lipinski definition) is 3. The minimum absolute atomic E-state index is 0.220. The van der Waals surface area contributed by atoms with Gasteiger partial charge in [-0.25, -0.2) is 0 Å². The number of nitrogens with one attached hydrogen (secondary N) is 1. The van der Waals surface area contributed by atoms with Gasteiger partial charge in [-0.1, -0.05) is 12.1 Å². The highest BCUT2D eigenvalue weighted by Crippen LogP contribution is 2.19. The molecule has 92 valence electrons. The summed E-state index contributed by atoms with van der Waals surface area (Å²) in [6, 6.07) is 7.41. The van der Waals surface area contributed by atoms with E-state index in [1.165, 1.54) is 6.42 Å². The second-order valence-corrected chi connectivity index (χ2v) is 4.57. The summed E-state index contributed by atoms with van der Waals surface area (Å²) >= 11 is 0. The number of rotatable bonds is 4. The van der Waals surface area contributed by atoms with E-state index in [9.17, 15) is 4.79 Å². The van der Waals surface area contributed by atoms with Gasteiger partial charge in [0.1, 0.15) is 5.75 Å². The predicted octanol–water partition coefficient (Wildman–Crippen LogP) is 2.27. The Morgan fingerprint density at radius 2 is 2.41 bits per heavy atom. The Labute approximate surface area is 102 Å². The van der Waals surface area contributed by atoms with E-state index in [1.54, 1.807) is 7.11 Å². The van der Waals surface area contributed by atoms with Gasteiger partial charge in [0.05, 0.1) is 7.11 Å². The number of ether oxygens (including phenoxy) is 1. The highest BCUT2D eigenvalue weighted by molar-refractivity contribution is 5.96. The molecule has 0 aromatic heterocycles. The van der Waals surface area contributed by atoms with E-state index >= 15 is 0 Å². The summed E-state index contributed by atoms with van der Waals surface area (Å²) in [6.45, 7) is 2.06. The van der Waals surface area contributed by atoms with Crippen LogP contribution in [0, 0.1) is 5.92 Å². The lowest BCUT2D eigenvalue weighted by atomic mass is 9.92. The number of hydrogen-bond donors (Lipinski definition) is 1. The number of carbonyl (C=O) groups excluding carboxylic acids is 1. The van der Waals surface area contributed by atoms with Crippen molar-refractivity contribution in [2.75, 3.05) is 20.2 Å². The molecule has 2 rings (SSSR count). The third kappa shape index (κ3) is 3.30. The molecule has 3 nitrogen and oxygen atoms in total. The predicted molar refractivity (Wildman–Crippen MR) is 67.5 cm³/mol. The van der Waals surface area contributed by atoms with Crippen LogP contribution in [0.4, 0.5) is 0 Å². The van der Waals surface area contributed by atoms with Crippen molar-refractivity contribution in [1.82, 2.24) is 5.32 Å². The molecule has 3 heteroatoms. The molecule has 0 amide bonds. The van der Waals surface area contributed by atoms with Crippen molar-refractivity contribution in [2.24, 2.45) is 5.92 Å². The number of methoxy groups -OCH3 is 1. The lowest BCUT2D eigenvalue weighted by molar-refractivity contribution is 0.0953. The molecule has 0 bridgehead atoms. The van der Waals surface area contributed by atoms with Crippen molar-refractivity contribution in [3.05, 3.63) is 29.8 Å². The topological polar surface area (TPSA) is 38.3 Å². The molecular weight excluding hydrogens is 214 g/mol. The molecule has 1 aromatic carbocycles. The summed E-state index contributed by atoms with van der Waals surface area (Å²) in [6.07, 6.45) is 2.97. The molecule has 1 aliphatic heterocycles. The maximum atomic E-state index is 12.1. The average Bonchev–Trinajstić information content (AvgIpc) is 2.40. The van der Waals surface area contributed by atoms with Crippen molar-refractivity contribution >= 4 is 5.78 Å². The Morgan fingerprint density at radius 3 is 3.12 bits per heavy atom. The van der Waals surface area contributed by atoms with Crippen LogP contribution < -0.4 is 10.1 Å². The zero-order valence-corrected chi connectivity index (χ0v) is 10.2. The van der Waals surface area contributed by atoms with E-state index in [1.807, 2.05) is 24.3 Å². The summed E-state index contributed by atoms with van der Waals surface area (Å²) in [4.78, 5) is 12.1.